The molecular formula is C6H8ClNO. The minimum atomic E-state index is 0.0602. The molecular weight excluding hydrogens is 138 g/mol. The van der Waals surface area contributed by atoms with E-state index in [0.717, 1.165) is 18.5 Å². The SMILES string of the molecule is CN1CC/C(=C/Cl)C1=O. The van der Waals surface area contributed by atoms with E-state index in [2.05, 4.69) is 0 Å². The molecule has 1 fully saturated rings. The van der Waals surface area contributed by atoms with Crippen molar-refractivity contribution in [3.63, 3.8) is 0 Å². The Balaban J connectivity index is 2.74. The van der Waals surface area contributed by atoms with E-state index in [1.54, 1.807) is 11.9 Å². The second-order valence-corrected chi connectivity index (χ2v) is 2.33. The number of hydrogen-bond acceptors (Lipinski definition) is 1. The Morgan fingerprint density at radius 3 is 2.67 bits per heavy atom. The molecule has 1 amide bonds. The zero-order valence-electron chi connectivity index (χ0n) is 5.22. The standard InChI is InChI=1S/C6H8ClNO/c1-8-3-2-5(4-7)6(8)9/h4H,2-3H2,1H3/b5-4-. The van der Waals surface area contributed by atoms with Crippen LogP contribution in [0.25, 0.3) is 0 Å². The van der Waals surface area contributed by atoms with Gasteiger partial charge < -0.3 is 4.90 Å². The molecule has 0 bridgehead atoms. The van der Waals surface area contributed by atoms with Gasteiger partial charge in [0.1, 0.15) is 0 Å². The van der Waals surface area contributed by atoms with Crippen molar-refractivity contribution in [2.24, 2.45) is 0 Å². The molecule has 0 N–H and O–H groups in total. The van der Waals surface area contributed by atoms with E-state index in [1.165, 1.54) is 5.54 Å². The van der Waals surface area contributed by atoms with Crippen molar-refractivity contribution < 1.29 is 4.79 Å². The van der Waals surface area contributed by atoms with Crippen molar-refractivity contribution in [1.82, 2.24) is 4.90 Å². The highest BCUT2D eigenvalue weighted by Crippen LogP contribution is 2.15. The fraction of sp³-hybridized carbons (Fsp3) is 0.500. The lowest BCUT2D eigenvalue weighted by atomic mass is 10.3. The summed E-state index contributed by atoms with van der Waals surface area (Å²) in [5, 5.41) is 0. The fourth-order valence-corrected chi connectivity index (χ4v) is 1.05. The smallest absolute Gasteiger partial charge is 0.250 e. The largest absolute Gasteiger partial charge is 0.342 e. The molecule has 0 unspecified atom stereocenters. The van der Waals surface area contributed by atoms with Gasteiger partial charge in [0.2, 0.25) is 5.91 Å². The van der Waals surface area contributed by atoms with Gasteiger partial charge in [-0.3, -0.25) is 4.79 Å². The Morgan fingerprint density at radius 2 is 2.44 bits per heavy atom. The number of likely N-dealkylation sites (tertiary alicyclic amines) is 1. The van der Waals surface area contributed by atoms with Crippen LogP contribution in [0.4, 0.5) is 0 Å². The molecule has 0 aromatic carbocycles. The predicted molar refractivity (Wildman–Crippen MR) is 36.2 cm³/mol. The van der Waals surface area contributed by atoms with Gasteiger partial charge in [0.25, 0.3) is 0 Å². The zero-order chi connectivity index (χ0) is 6.85. The van der Waals surface area contributed by atoms with Crippen molar-refractivity contribution in [2.45, 2.75) is 6.42 Å². The maximum atomic E-state index is 10.9. The topological polar surface area (TPSA) is 20.3 Å². The average Bonchev–Trinajstić information content (AvgIpc) is 2.15. The molecule has 50 valence electrons. The molecule has 9 heavy (non-hydrogen) atoms. The van der Waals surface area contributed by atoms with E-state index in [9.17, 15) is 4.79 Å². The first-order valence-corrected chi connectivity index (χ1v) is 3.24. The highest BCUT2D eigenvalue weighted by atomic mass is 35.5. The predicted octanol–water partition coefficient (Wildman–Crippen LogP) is 0.971. The zero-order valence-corrected chi connectivity index (χ0v) is 5.98. The van der Waals surface area contributed by atoms with E-state index in [4.69, 9.17) is 11.6 Å². The van der Waals surface area contributed by atoms with Crippen LogP contribution in [-0.2, 0) is 4.79 Å². The molecule has 0 aromatic heterocycles. The summed E-state index contributed by atoms with van der Waals surface area (Å²) in [5.41, 5.74) is 2.09. The highest BCUT2D eigenvalue weighted by Gasteiger charge is 2.21. The second kappa shape index (κ2) is 2.40. The Bertz CT molecular complexity index is 164. The number of halogens is 1. The number of carbonyl (C=O) groups is 1. The molecule has 1 aliphatic heterocycles. The third-order valence-electron chi connectivity index (χ3n) is 1.47. The van der Waals surface area contributed by atoms with E-state index < -0.39 is 0 Å². The monoisotopic (exact) mass is 145 g/mol. The van der Waals surface area contributed by atoms with Gasteiger partial charge in [0, 0.05) is 24.7 Å². The Morgan fingerprint density at radius 1 is 1.78 bits per heavy atom. The molecule has 0 saturated carbocycles. The maximum Gasteiger partial charge on any atom is 0.250 e. The van der Waals surface area contributed by atoms with Crippen LogP contribution in [0, 0.1) is 0 Å². The second-order valence-electron chi connectivity index (χ2n) is 2.11. The highest BCUT2D eigenvalue weighted by molar-refractivity contribution is 6.27. The lowest BCUT2D eigenvalue weighted by Gasteiger charge is -2.03. The summed E-state index contributed by atoms with van der Waals surface area (Å²) < 4.78 is 0. The number of rotatable bonds is 0. The van der Waals surface area contributed by atoms with Gasteiger partial charge in [0.15, 0.2) is 0 Å². The number of hydrogen-bond donors (Lipinski definition) is 0. The van der Waals surface area contributed by atoms with Crippen LogP contribution in [0.5, 0.6) is 0 Å². The van der Waals surface area contributed by atoms with E-state index in [1.807, 2.05) is 0 Å². The van der Waals surface area contributed by atoms with Crippen molar-refractivity contribution in [1.29, 1.82) is 0 Å². The Hall–Kier alpha value is -0.500. The van der Waals surface area contributed by atoms with Gasteiger partial charge in [-0.25, -0.2) is 0 Å². The van der Waals surface area contributed by atoms with Gasteiger partial charge in [0.05, 0.1) is 0 Å². The molecule has 2 nitrogen and oxygen atoms in total. The Labute approximate surface area is 59.1 Å². The van der Waals surface area contributed by atoms with Crippen molar-refractivity contribution in [2.75, 3.05) is 13.6 Å². The first-order valence-electron chi connectivity index (χ1n) is 2.80. The first kappa shape index (κ1) is 6.62. The van der Waals surface area contributed by atoms with Crippen LogP contribution in [0.3, 0.4) is 0 Å². The summed E-state index contributed by atoms with van der Waals surface area (Å²) in [7, 11) is 1.77. The molecule has 1 rings (SSSR count). The summed E-state index contributed by atoms with van der Waals surface area (Å²) in [5.74, 6) is 0.0602. The number of nitrogens with zero attached hydrogens (tertiary/aromatic N) is 1. The molecule has 1 aliphatic rings. The summed E-state index contributed by atoms with van der Waals surface area (Å²) in [6.45, 7) is 0.803. The van der Waals surface area contributed by atoms with Crippen LogP contribution in [0.15, 0.2) is 11.1 Å². The Kier molecular flexibility index (Phi) is 1.76. The lowest BCUT2D eigenvalue weighted by molar-refractivity contribution is -0.123. The minimum absolute atomic E-state index is 0.0602. The van der Waals surface area contributed by atoms with Gasteiger partial charge in [-0.1, -0.05) is 11.6 Å². The molecule has 3 heteroatoms. The average molecular weight is 146 g/mol. The fourth-order valence-electron chi connectivity index (χ4n) is 0.843. The summed E-state index contributed by atoms with van der Waals surface area (Å²) >= 11 is 5.36. The van der Waals surface area contributed by atoms with Crippen LogP contribution in [0.2, 0.25) is 0 Å². The third kappa shape index (κ3) is 1.08. The quantitative estimate of drug-likeness (QED) is 0.466. The molecule has 1 saturated heterocycles. The van der Waals surface area contributed by atoms with Crippen LogP contribution >= 0.6 is 11.6 Å². The normalized spacial score (nSPS) is 24.0. The van der Waals surface area contributed by atoms with Crippen molar-refractivity contribution in [3.8, 4) is 0 Å². The summed E-state index contributed by atoms with van der Waals surface area (Å²) in [6, 6.07) is 0. The van der Waals surface area contributed by atoms with Crippen LogP contribution in [0.1, 0.15) is 6.42 Å². The lowest BCUT2D eigenvalue weighted by Crippen LogP contribution is -2.18. The molecule has 0 aromatic rings. The third-order valence-corrected chi connectivity index (χ3v) is 1.73. The summed E-state index contributed by atoms with van der Waals surface area (Å²) in [4.78, 5) is 12.6. The van der Waals surface area contributed by atoms with E-state index >= 15 is 0 Å². The molecule has 0 spiro atoms. The van der Waals surface area contributed by atoms with Crippen molar-refractivity contribution >= 4 is 17.5 Å². The number of likely N-dealkylation sites (N-methyl/N-ethyl adjacent to an activating group) is 1. The molecule has 0 aliphatic carbocycles. The molecule has 1 heterocycles. The van der Waals surface area contributed by atoms with Gasteiger partial charge >= 0.3 is 0 Å². The van der Waals surface area contributed by atoms with E-state index in [0.29, 0.717) is 0 Å². The maximum absolute atomic E-state index is 10.9. The van der Waals surface area contributed by atoms with Crippen LogP contribution < -0.4 is 0 Å². The van der Waals surface area contributed by atoms with Gasteiger partial charge in [-0.05, 0) is 6.42 Å². The van der Waals surface area contributed by atoms with Gasteiger partial charge in [-0.15, -0.1) is 0 Å². The van der Waals surface area contributed by atoms with Gasteiger partial charge in [-0.2, -0.15) is 0 Å². The summed E-state index contributed by atoms with van der Waals surface area (Å²) in [6.07, 6.45) is 0.791. The first-order chi connectivity index (χ1) is 4.25. The number of amides is 1. The molecule has 0 atom stereocenters. The van der Waals surface area contributed by atoms with Crippen molar-refractivity contribution in [3.05, 3.63) is 11.1 Å². The molecule has 0 radical (unpaired) electrons. The number of carbonyl (C=O) groups excluding carboxylic acids is 1. The van der Waals surface area contributed by atoms with E-state index in [-0.39, 0.29) is 5.91 Å². The van der Waals surface area contributed by atoms with Crippen LogP contribution in [-0.4, -0.2) is 24.4 Å². The minimum Gasteiger partial charge on any atom is -0.342 e.